The highest BCUT2D eigenvalue weighted by atomic mass is 32.1. The highest BCUT2D eigenvalue weighted by Crippen LogP contribution is 2.27. The zero-order valence-electron chi connectivity index (χ0n) is 14.9. The van der Waals surface area contributed by atoms with E-state index in [4.69, 9.17) is 4.98 Å². The predicted molar refractivity (Wildman–Crippen MR) is 105 cm³/mol. The molecule has 4 heteroatoms. The zero-order chi connectivity index (χ0) is 16.8. The SMILES string of the molecule is CC.CCCC1=C(C)c2nc(C)cc(NCc3cccs3)c2[B]1. The van der Waals surface area contributed by atoms with Gasteiger partial charge in [-0.1, -0.05) is 38.7 Å². The maximum Gasteiger partial charge on any atom is 0.192 e. The Bertz CT molecular complexity index is 675. The molecule has 1 aliphatic rings. The summed E-state index contributed by atoms with van der Waals surface area (Å²) in [5.74, 6) is 0. The number of hydrogen-bond acceptors (Lipinski definition) is 3. The molecular weight excluding hydrogens is 299 g/mol. The molecule has 2 aromatic rings. The van der Waals surface area contributed by atoms with Crippen LogP contribution in [-0.4, -0.2) is 12.3 Å². The van der Waals surface area contributed by atoms with E-state index in [0.29, 0.717) is 0 Å². The molecule has 0 bridgehead atoms. The van der Waals surface area contributed by atoms with Crippen molar-refractivity contribution in [2.75, 3.05) is 5.32 Å². The Morgan fingerprint density at radius 1 is 1.26 bits per heavy atom. The van der Waals surface area contributed by atoms with Gasteiger partial charge in [-0.05, 0) is 48.8 Å². The molecule has 0 aromatic carbocycles. The molecule has 0 amide bonds. The van der Waals surface area contributed by atoms with Gasteiger partial charge in [0.25, 0.3) is 0 Å². The molecule has 1 radical (unpaired) electrons. The van der Waals surface area contributed by atoms with E-state index in [1.807, 2.05) is 13.8 Å². The number of nitrogens with one attached hydrogen (secondary N) is 1. The van der Waals surface area contributed by atoms with Crippen molar-refractivity contribution in [3.8, 4) is 0 Å². The predicted octanol–water partition coefficient (Wildman–Crippen LogP) is 4.96. The number of aryl methyl sites for hydroxylation is 1. The molecule has 1 aliphatic heterocycles. The highest BCUT2D eigenvalue weighted by Gasteiger charge is 2.23. The first kappa shape index (κ1) is 17.8. The quantitative estimate of drug-likeness (QED) is 0.786. The van der Waals surface area contributed by atoms with E-state index in [0.717, 1.165) is 24.4 Å². The number of hydrogen-bond donors (Lipinski definition) is 1. The lowest BCUT2D eigenvalue weighted by atomic mass is 9.65. The van der Waals surface area contributed by atoms with Crippen molar-refractivity contribution in [2.24, 2.45) is 0 Å². The Balaban J connectivity index is 0.000000924. The third-order valence-electron chi connectivity index (χ3n) is 3.89. The Morgan fingerprint density at radius 3 is 2.70 bits per heavy atom. The summed E-state index contributed by atoms with van der Waals surface area (Å²) in [6, 6.07) is 6.42. The Morgan fingerprint density at radius 2 is 2.04 bits per heavy atom. The maximum absolute atomic E-state index is 4.75. The average Bonchev–Trinajstić information content (AvgIpc) is 3.18. The number of thiophene rings is 1. The van der Waals surface area contributed by atoms with Gasteiger partial charge in [0.1, 0.15) is 0 Å². The standard InChI is InChI=1S/C17H20BN2S.C2H6/c1-4-6-14-12(3)17-16(18-14)15(9-11(2)20-17)19-10-13-7-5-8-21-13;1-2/h5,7-9H,4,6,10H2,1-3H3,(H,19,20);1-2H3. The first-order chi connectivity index (χ1) is 11.2. The lowest BCUT2D eigenvalue weighted by Crippen LogP contribution is -2.21. The highest BCUT2D eigenvalue weighted by molar-refractivity contribution is 7.09. The van der Waals surface area contributed by atoms with Crippen LogP contribution in [0.4, 0.5) is 5.69 Å². The summed E-state index contributed by atoms with van der Waals surface area (Å²) >= 11 is 1.79. The molecule has 0 fully saturated rings. The van der Waals surface area contributed by atoms with Crippen molar-refractivity contribution < 1.29 is 0 Å². The zero-order valence-corrected chi connectivity index (χ0v) is 15.7. The van der Waals surface area contributed by atoms with Gasteiger partial charge in [0.15, 0.2) is 7.28 Å². The van der Waals surface area contributed by atoms with Crippen LogP contribution in [-0.2, 0) is 6.54 Å². The van der Waals surface area contributed by atoms with Crippen LogP contribution in [0.3, 0.4) is 0 Å². The molecule has 23 heavy (non-hydrogen) atoms. The maximum atomic E-state index is 4.75. The van der Waals surface area contributed by atoms with E-state index >= 15 is 0 Å². The van der Waals surface area contributed by atoms with Crippen molar-refractivity contribution in [3.63, 3.8) is 0 Å². The van der Waals surface area contributed by atoms with Gasteiger partial charge in [0.2, 0.25) is 0 Å². The van der Waals surface area contributed by atoms with Crippen LogP contribution in [0.5, 0.6) is 0 Å². The van der Waals surface area contributed by atoms with Crippen molar-refractivity contribution in [3.05, 3.63) is 45.3 Å². The monoisotopic (exact) mass is 325 g/mol. The van der Waals surface area contributed by atoms with E-state index in [9.17, 15) is 0 Å². The number of pyridine rings is 1. The van der Waals surface area contributed by atoms with Gasteiger partial charge < -0.3 is 5.32 Å². The largest absolute Gasteiger partial charge is 0.380 e. The van der Waals surface area contributed by atoms with Crippen LogP contribution < -0.4 is 10.8 Å². The van der Waals surface area contributed by atoms with E-state index in [1.165, 1.54) is 33.5 Å². The molecule has 121 valence electrons. The summed E-state index contributed by atoms with van der Waals surface area (Å²) in [5, 5.41) is 5.71. The number of allylic oxidation sites excluding steroid dienone is 2. The minimum Gasteiger partial charge on any atom is -0.380 e. The number of anilines is 1. The lowest BCUT2D eigenvalue weighted by molar-refractivity contribution is 0.944. The Hall–Kier alpha value is -1.55. The van der Waals surface area contributed by atoms with Crippen molar-refractivity contribution in [1.29, 1.82) is 0 Å². The van der Waals surface area contributed by atoms with Crippen LogP contribution in [0.1, 0.15) is 56.8 Å². The summed E-state index contributed by atoms with van der Waals surface area (Å²) in [7, 11) is 2.32. The molecule has 1 N–H and O–H groups in total. The second kappa shape index (κ2) is 8.35. The van der Waals surface area contributed by atoms with Crippen molar-refractivity contribution in [1.82, 2.24) is 4.98 Å². The van der Waals surface area contributed by atoms with Crippen LogP contribution in [0.25, 0.3) is 5.57 Å². The van der Waals surface area contributed by atoms with Crippen molar-refractivity contribution in [2.45, 2.75) is 54.0 Å². The van der Waals surface area contributed by atoms with E-state index in [-0.39, 0.29) is 0 Å². The fourth-order valence-electron chi connectivity index (χ4n) is 2.82. The summed E-state index contributed by atoms with van der Waals surface area (Å²) < 4.78 is 0. The number of rotatable bonds is 5. The van der Waals surface area contributed by atoms with Gasteiger partial charge in [0, 0.05) is 22.8 Å². The molecule has 2 aromatic heterocycles. The van der Waals surface area contributed by atoms with E-state index in [1.54, 1.807) is 11.3 Å². The summed E-state index contributed by atoms with van der Waals surface area (Å²) in [5.41, 5.74) is 7.48. The summed E-state index contributed by atoms with van der Waals surface area (Å²) in [6.07, 6.45) is 2.31. The molecule has 0 aliphatic carbocycles. The topological polar surface area (TPSA) is 24.9 Å². The molecule has 3 heterocycles. The van der Waals surface area contributed by atoms with Gasteiger partial charge in [-0.15, -0.1) is 11.3 Å². The first-order valence-electron chi connectivity index (χ1n) is 8.51. The second-order valence-corrected chi connectivity index (χ2v) is 6.58. The molecular formula is C19H26BN2S. The third kappa shape index (κ3) is 4.05. The van der Waals surface area contributed by atoms with Gasteiger partial charge in [-0.2, -0.15) is 0 Å². The first-order valence-corrected chi connectivity index (χ1v) is 9.39. The van der Waals surface area contributed by atoms with Crippen LogP contribution in [0.15, 0.2) is 29.1 Å². The van der Waals surface area contributed by atoms with Gasteiger partial charge in [-0.25, -0.2) is 0 Å². The fraction of sp³-hybridized carbons (Fsp3) is 0.421. The van der Waals surface area contributed by atoms with Gasteiger partial charge in [-0.3, -0.25) is 4.98 Å². The molecule has 0 atom stereocenters. The lowest BCUT2D eigenvalue weighted by Gasteiger charge is -2.12. The van der Waals surface area contributed by atoms with Crippen LogP contribution in [0, 0.1) is 6.92 Å². The smallest absolute Gasteiger partial charge is 0.192 e. The second-order valence-electron chi connectivity index (χ2n) is 5.55. The molecule has 3 rings (SSSR count). The van der Waals surface area contributed by atoms with Crippen LogP contribution in [0.2, 0.25) is 0 Å². The molecule has 0 saturated carbocycles. The summed E-state index contributed by atoms with van der Waals surface area (Å²) in [6.45, 7) is 11.4. The number of fused-ring (bicyclic) bond motifs is 1. The summed E-state index contributed by atoms with van der Waals surface area (Å²) in [4.78, 5) is 6.10. The van der Waals surface area contributed by atoms with Crippen molar-refractivity contribution >= 4 is 35.3 Å². The normalized spacial score (nSPS) is 12.4. The minimum atomic E-state index is 0.879. The van der Waals surface area contributed by atoms with E-state index < -0.39 is 0 Å². The third-order valence-corrected chi connectivity index (χ3v) is 4.77. The molecule has 0 unspecified atom stereocenters. The molecule has 2 nitrogen and oxygen atoms in total. The van der Waals surface area contributed by atoms with Crippen LogP contribution >= 0.6 is 11.3 Å². The molecule has 0 spiro atoms. The number of nitrogens with zero attached hydrogens (tertiary/aromatic N) is 1. The Kier molecular flexibility index (Phi) is 6.46. The van der Waals surface area contributed by atoms with Gasteiger partial charge >= 0.3 is 0 Å². The Labute approximate surface area is 145 Å². The number of aromatic nitrogens is 1. The fourth-order valence-corrected chi connectivity index (χ4v) is 3.46. The van der Waals surface area contributed by atoms with E-state index in [2.05, 4.69) is 56.9 Å². The minimum absolute atomic E-state index is 0.879. The van der Waals surface area contributed by atoms with Gasteiger partial charge in [0.05, 0.1) is 5.69 Å². The molecule has 0 saturated heterocycles. The average molecular weight is 325 g/mol.